The van der Waals surface area contributed by atoms with Gasteiger partial charge in [0.1, 0.15) is 5.75 Å². The number of nitrogens with one attached hydrogen (secondary N) is 1. The highest BCUT2D eigenvalue weighted by Gasteiger charge is 2.04. The number of aryl methyl sites for hydroxylation is 1. The summed E-state index contributed by atoms with van der Waals surface area (Å²) >= 11 is 1.58. The van der Waals surface area contributed by atoms with Gasteiger partial charge in [-0.25, -0.2) is 0 Å². The predicted octanol–water partition coefficient (Wildman–Crippen LogP) is 4.11. The first-order valence-corrected chi connectivity index (χ1v) is 9.56. The van der Waals surface area contributed by atoms with Crippen LogP contribution in [0.25, 0.3) is 0 Å². The number of carboxylic acid groups (broad SMARTS) is 1. The van der Waals surface area contributed by atoms with Gasteiger partial charge in [-0.1, -0.05) is 29.8 Å². The van der Waals surface area contributed by atoms with Crippen LogP contribution in [-0.4, -0.2) is 29.3 Å². The molecule has 1 amide bonds. The van der Waals surface area contributed by atoms with Crippen LogP contribution in [0.3, 0.4) is 0 Å². The standard InChI is InChI=1S/C20H23NO4S/c1-15-4-2-5-16(12-15)13-26-14-19(22)21-17-7-9-18(10-8-17)25-11-3-6-20(23)24/h2,4-5,7-10,12H,3,6,11,13-14H2,1H3,(H,21,22)(H,23,24). The summed E-state index contributed by atoms with van der Waals surface area (Å²) in [5.41, 5.74) is 3.15. The number of carbonyl (C=O) groups is 2. The molecule has 2 rings (SSSR count). The number of amides is 1. The third-order valence-corrected chi connectivity index (χ3v) is 4.53. The number of anilines is 1. The summed E-state index contributed by atoms with van der Waals surface area (Å²) < 4.78 is 5.46. The molecule has 0 unspecified atom stereocenters. The molecule has 0 saturated heterocycles. The molecule has 0 bridgehead atoms. The summed E-state index contributed by atoms with van der Waals surface area (Å²) in [7, 11) is 0. The Morgan fingerprint density at radius 2 is 1.92 bits per heavy atom. The Morgan fingerprint density at radius 1 is 1.15 bits per heavy atom. The molecule has 0 heterocycles. The summed E-state index contributed by atoms with van der Waals surface area (Å²) in [6.07, 6.45) is 0.556. The molecule has 0 aromatic heterocycles. The van der Waals surface area contributed by atoms with E-state index >= 15 is 0 Å². The van der Waals surface area contributed by atoms with Crippen molar-refractivity contribution < 1.29 is 19.4 Å². The molecule has 138 valence electrons. The van der Waals surface area contributed by atoms with Gasteiger partial charge in [0.25, 0.3) is 0 Å². The monoisotopic (exact) mass is 373 g/mol. The summed E-state index contributed by atoms with van der Waals surface area (Å²) in [5.74, 6) is 0.978. The Bertz CT molecular complexity index is 731. The van der Waals surface area contributed by atoms with E-state index in [0.29, 0.717) is 30.2 Å². The van der Waals surface area contributed by atoms with E-state index in [4.69, 9.17) is 9.84 Å². The van der Waals surface area contributed by atoms with Gasteiger partial charge in [0.15, 0.2) is 0 Å². The number of hydrogen-bond acceptors (Lipinski definition) is 4. The van der Waals surface area contributed by atoms with Crippen LogP contribution in [0.5, 0.6) is 5.75 Å². The molecule has 0 atom stereocenters. The quantitative estimate of drug-likeness (QED) is 0.613. The van der Waals surface area contributed by atoms with Crippen LogP contribution in [0.1, 0.15) is 24.0 Å². The highest BCUT2D eigenvalue weighted by molar-refractivity contribution is 7.99. The molecule has 2 N–H and O–H groups in total. The molecule has 0 spiro atoms. The fourth-order valence-corrected chi connectivity index (χ4v) is 3.08. The Labute approximate surface area is 157 Å². The lowest BCUT2D eigenvalue weighted by molar-refractivity contribution is -0.137. The number of benzene rings is 2. The van der Waals surface area contributed by atoms with Crippen LogP contribution in [-0.2, 0) is 15.3 Å². The van der Waals surface area contributed by atoms with Gasteiger partial charge in [0.2, 0.25) is 5.91 Å². The van der Waals surface area contributed by atoms with Gasteiger partial charge in [0.05, 0.1) is 12.4 Å². The first kappa shape index (κ1) is 19.8. The average molecular weight is 373 g/mol. The smallest absolute Gasteiger partial charge is 0.303 e. The molecule has 0 aliphatic rings. The molecule has 2 aromatic rings. The van der Waals surface area contributed by atoms with Crippen molar-refractivity contribution in [1.29, 1.82) is 0 Å². The lowest BCUT2D eigenvalue weighted by Crippen LogP contribution is -2.14. The first-order chi connectivity index (χ1) is 12.5. The topological polar surface area (TPSA) is 75.6 Å². The van der Waals surface area contributed by atoms with Crippen LogP contribution in [0, 0.1) is 6.92 Å². The number of carboxylic acids is 1. The molecule has 0 aliphatic heterocycles. The maximum atomic E-state index is 12.0. The average Bonchev–Trinajstić information content (AvgIpc) is 2.60. The van der Waals surface area contributed by atoms with Crippen LogP contribution in [0.15, 0.2) is 48.5 Å². The number of hydrogen-bond donors (Lipinski definition) is 2. The van der Waals surface area contributed by atoms with Crippen LogP contribution >= 0.6 is 11.8 Å². The Hall–Kier alpha value is -2.47. The molecule has 0 aliphatic carbocycles. The minimum atomic E-state index is -0.827. The van der Waals surface area contributed by atoms with E-state index < -0.39 is 5.97 Å². The fourth-order valence-electron chi connectivity index (χ4n) is 2.31. The van der Waals surface area contributed by atoms with Crippen LogP contribution in [0.2, 0.25) is 0 Å². The van der Waals surface area contributed by atoms with E-state index in [0.717, 1.165) is 5.75 Å². The Morgan fingerprint density at radius 3 is 2.62 bits per heavy atom. The summed E-state index contributed by atoms with van der Waals surface area (Å²) in [4.78, 5) is 22.4. The fraction of sp³-hybridized carbons (Fsp3) is 0.300. The molecule has 6 heteroatoms. The van der Waals surface area contributed by atoms with E-state index in [1.165, 1.54) is 11.1 Å². The van der Waals surface area contributed by atoms with Gasteiger partial charge in [-0.2, -0.15) is 0 Å². The SMILES string of the molecule is Cc1cccc(CSCC(=O)Nc2ccc(OCCCC(=O)O)cc2)c1. The summed E-state index contributed by atoms with van der Waals surface area (Å²) in [6.45, 7) is 2.41. The maximum absolute atomic E-state index is 12.0. The van der Waals surface area contributed by atoms with Crippen LogP contribution in [0.4, 0.5) is 5.69 Å². The van der Waals surface area contributed by atoms with Crippen molar-refractivity contribution in [1.82, 2.24) is 0 Å². The zero-order valence-electron chi connectivity index (χ0n) is 14.7. The predicted molar refractivity (Wildman–Crippen MR) is 105 cm³/mol. The summed E-state index contributed by atoms with van der Waals surface area (Å²) in [5, 5.41) is 11.4. The molecule has 0 radical (unpaired) electrons. The normalized spacial score (nSPS) is 10.3. The van der Waals surface area contributed by atoms with E-state index in [2.05, 4.69) is 30.4 Å². The third kappa shape index (κ3) is 7.61. The zero-order valence-corrected chi connectivity index (χ0v) is 15.6. The van der Waals surface area contributed by atoms with Gasteiger partial charge in [-0.05, 0) is 43.2 Å². The second-order valence-electron chi connectivity index (χ2n) is 5.90. The van der Waals surface area contributed by atoms with E-state index in [9.17, 15) is 9.59 Å². The zero-order chi connectivity index (χ0) is 18.8. The Kier molecular flexibility index (Phi) is 8.02. The first-order valence-electron chi connectivity index (χ1n) is 8.41. The number of aliphatic carboxylic acids is 1. The van der Waals surface area contributed by atoms with E-state index in [1.807, 2.05) is 6.07 Å². The van der Waals surface area contributed by atoms with Gasteiger partial charge in [-0.3, -0.25) is 9.59 Å². The molecular formula is C20H23NO4S. The van der Waals surface area contributed by atoms with Crippen molar-refractivity contribution in [3.05, 3.63) is 59.7 Å². The molecule has 2 aromatic carbocycles. The van der Waals surface area contributed by atoms with E-state index in [1.54, 1.807) is 36.0 Å². The minimum Gasteiger partial charge on any atom is -0.494 e. The highest BCUT2D eigenvalue weighted by atomic mass is 32.2. The minimum absolute atomic E-state index is 0.0437. The second kappa shape index (κ2) is 10.5. The Balaban J connectivity index is 1.69. The number of carbonyl (C=O) groups excluding carboxylic acids is 1. The van der Waals surface area contributed by atoms with Gasteiger partial charge < -0.3 is 15.2 Å². The highest BCUT2D eigenvalue weighted by Crippen LogP contribution is 2.17. The number of rotatable bonds is 10. The van der Waals surface area contributed by atoms with Crippen molar-refractivity contribution in [3.8, 4) is 5.75 Å². The molecular weight excluding hydrogens is 350 g/mol. The van der Waals surface area contributed by atoms with Crippen LogP contribution < -0.4 is 10.1 Å². The van der Waals surface area contributed by atoms with Crippen molar-refractivity contribution in [3.63, 3.8) is 0 Å². The molecule has 0 fully saturated rings. The van der Waals surface area contributed by atoms with Crippen molar-refractivity contribution >= 4 is 29.3 Å². The van der Waals surface area contributed by atoms with Gasteiger partial charge in [0, 0.05) is 17.9 Å². The van der Waals surface area contributed by atoms with Gasteiger partial charge in [-0.15, -0.1) is 11.8 Å². The van der Waals surface area contributed by atoms with E-state index in [-0.39, 0.29) is 12.3 Å². The molecule has 5 nitrogen and oxygen atoms in total. The maximum Gasteiger partial charge on any atom is 0.303 e. The largest absolute Gasteiger partial charge is 0.494 e. The molecule has 26 heavy (non-hydrogen) atoms. The number of ether oxygens (including phenoxy) is 1. The summed E-state index contributed by atoms with van der Waals surface area (Å²) in [6, 6.07) is 15.3. The lowest BCUT2D eigenvalue weighted by atomic mass is 10.2. The second-order valence-corrected chi connectivity index (χ2v) is 6.89. The van der Waals surface area contributed by atoms with Crippen molar-refractivity contribution in [2.24, 2.45) is 0 Å². The number of thioether (sulfide) groups is 1. The van der Waals surface area contributed by atoms with Crippen molar-refractivity contribution in [2.45, 2.75) is 25.5 Å². The third-order valence-electron chi connectivity index (χ3n) is 3.53. The van der Waals surface area contributed by atoms with Gasteiger partial charge >= 0.3 is 5.97 Å². The molecule has 0 saturated carbocycles. The van der Waals surface area contributed by atoms with Crippen molar-refractivity contribution in [2.75, 3.05) is 17.7 Å². The lowest BCUT2D eigenvalue weighted by Gasteiger charge is -2.08.